The van der Waals surface area contributed by atoms with Gasteiger partial charge in [-0.15, -0.1) is 11.8 Å². The van der Waals surface area contributed by atoms with Crippen LogP contribution >= 0.6 is 11.8 Å². The summed E-state index contributed by atoms with van der Waals surface area (Å²) in [6.07, 6.45) is 0. The Morgan fingerprint density at radius 2 is 1.84 bits per heavy atom. The monoisotopic (exact) mass is 461 g/mol. The predicted molar refractivity (Wildman–Crippen MR) is 124 cm³/mol. The molecule has 1 aliphatic rings. The Labute approximate surface area is 187 Å². The topological polar surface area (TPSA) is 95.6 Å². The molecule has 0 bridgehead atoms. The number of carbonyl (C=O) groups is 2. The Kier molecular flexibility index (Phi) is 6.78. The molecule has 3 rings (SSSR count). The average molecular weight is 462 g/mol. The Morgan fingerprint density at radius 3 is 2.48 bits per heavy atom. The molecule has 1 aliphatic heterocycles. The van der Waals surface area contributed by atoms with Gasteiger partial charge in [-0.1, -0.05) is 13.8 Å². The molecule has 2 amide bonds. The van der Waals surface area contributed by atoms with Gasteiger partial charge in [-0.25, -0.2) is 8.42 Å². The molecule has 0 saturated heterocycles. The number of aryl methyl sites for hydroxylation is 1. The van der Waals surface area contributed by atoms with E-state index in [2.05, 4.69) is 10.6 Å². The zero-order chi connectivity index (χ0) is 22.9. The molecule has 0 fully saturated rings. The largest absolute Gasteiger partial charge is 0.324 e. The average Bonchev–Trinajstić information content (AvgIpc) is 2.72. The molecule has 0 aliphatic carbocycles. The van der Waals surface area contributed by atoms with Crippen molar-refractivity contribution in [3.63, 3.8) is 0 Å². The van der Waals surface area contributed by atoms with Crippen LogP contribution in [0.1, 0.15) is 42.3 Å². The van der Waals surface area contributed by atoms with Gasteiger partial charge >= 0.3 is 0 Å². The summed E-state index contributed by atoms with van der Waals surface area (Å²) in [6, 6.07) is 8.28. The Hall–Kier alpha value is -2.36. The molecular formula is C22H27N3O4S2. The quantitative estimate of drug-likeness (QED) is 0.677. The zero-order valence-corrected chi connectivity index (χ0v) is 19.9. The second kappa shape index (κ2) is 9.02. The number of hydrogen-bond acceptors (Lipinski definition) is 5. The number of amides is 2. The first-order valence-corrected chi connectivity index (χ1v) is 12.4. The normalized spacial score (nSPS) is 16.1. The van der Waals surface area contributed by atoms with Gasteiger partial charge in [0, 0.05) is 29.2 Å². The highest BCUT2D eigenvalue weighted by atomic mass is 32.2. The minimum Gasteiger partial charge on any atom is -0.324 e. The van der Waals surface area contributed by atoms with E-state index in [0.29, 0.717) is 30.0 Å². The standard InChI is InChI=1S/C22H27N3O4S2/c1-6-25(7-2)31(28,29)17-10-13(3)14(4)18(12-17)23-22(27)16-8-9-20-19(11-16)24-21(26)15(5)30-20/h8-12,15H,6-7H2,1-5H3,(H,23,27)(H,24,26). The highest BCUT2D eigenvalue weighted by Crippen LogP contribution is 2.36. The van der Waals surface area contributed by atoms with Crippen LogP contribution in [0.5, 0.6) is 0 Å². The van der Waals surface area contributed by atoms with Gasteiger partial charge in [0.05, 0.1) is 15.8 Å². The van der Waals surface area contributed by atoms with Gasteiger partial charge in [-0.05, 0) is 62.2 Å². The lowest BCUT2D eigenvalue weighted by Gasteiger charge is -2.22. The number of rotatable bonds is 6. The molecule has 0 saturated carbocycles. The highest BCUT2D eigenvalue weighted by molar-refractivity contribution is 8.01. The van der Waals surface area contributed by atoms with E-state index >= 15 is 0 Å². The molecule has 31 heavy (non-hydrogen) atoms. The van der Waals surface area contributed by atoms with Crippen molar-refractivity contribution < 1.29 is 18.0 Å². The number of thioether (sulfide) groups is 1. The van der Waals surface area contributed by atoms with Crippen molar-refractivity contribution >= 4 is 45.0 Å². The summed E-state index contributed by atoms with van der Waals surface area (Å²) in [5.41, 5.74) is 2.99. The van der Waals surface area contributed by atoms with Crippen molar-refractivity contribution in [3.8, 4) is 0 Å². The molecule has 1 unspecified atom stereocenters. The summed E-state index contributed by atoms with van der Waals surface area (Å²) in [5.74, 6) is -0.476. The van der Waals surface area contributed by atoms with Gasteiger partial charge in [-0.2, -0.15) is 4.31 Å². The maximum absolute atomic E-state index is 13.0. The van der Waals surface area contributed by atoms with Crippen LogP contribution in [0, 0.1) is 13.8 Å². The van der Waals surface area contributed by atoms with E-state index in [9.17, 15) is 18.0 Å². The molecular weight excluding hydrogens is 434 g/mol. The molecule has 7 nitrogen and oxygen atoms in total. The first kappa shape index (κ1) is 23.3. The van der Waals surface area contributed by atoms with Crippen LogP contribution in [0.4, 0.5) is 11.4 Å². The van der Waals surface area contributed by atoms with Gasteiger partial charge in [0.2, 0.25) is 15.9 Å². The lowest BCUT2D eigenvalue weighted by Crippen LogP contribution is -2.30. The third-order valence-electron chi connectivity index (χ3n) is 5.40. The molecule has 2 aromatic carbocycles. The summed E-state index contributed by atoms with van der Waals surface area (Å²) in [4.78, 5) is 25.9. The fourth-order valence-electron chi connectivity index (χ4n) is 3.36. The van der Waals surface area contributed by atoms with Crippen LogP contribution in [0.25, 0.3) is 0 Å². The molecule has 1 heterocycles. The Balaban J connectivity index is 1.93. The van der Waals surface area contributed by atoms with Crippen molar-refractivity contribution in [1.29, 1.82) is 0 Å². The van der Waals surface area contributed by atoms with Crippen LogP contribution in [0.15, 0.2) is 40.1 Å². The number of anilines is 2. The third-order valence-corrected chi connectivity index (χ3v) is 8.61. The lowest BCUT2D eigenvalue weighted by atomic mass is 10.1. The summed E-state index contributed by atoms with van der Waals surface area (Å²) < 4.78 is 27.3. The van der Waals surface area contributed by atoms with E-state index in [0.717, 1.165) is 16.0 Å². The number of nitrogens with zero attached hydrogens (tertiary/aromatic N) is 1. The Bertz CT molecular complexity index is 1140. The predicted octanol–water partition coefficient (Wildman–Crippen LogP) is 4.02. The van der Waals surface area contributed by atoms with Gasteiger partial charge in [0.25, 0.3) is 5.91 Å². The summed E-state index contributed by atoms with van der Waals surface area (Å²) in [6.45, 7) is 9.80. The maximum Gasteiger partial charge on any atom is 0.255 e. The molecule has 2 N–H and O–H groups in total. The van der Waals surface area contributed by atoms with Crippen molar-refractivity contribution in [3.05, 3.63) is 47.0 Å². The van der Waals surface area contributed by atoms with Crippen LogP contribution in [-0.4, -0.2) is 42.9 Å². The van der Waals surface area contributed by atoms with E-state index in [-0.39, 0.29) is 22.0 Å². The third kappa shape index (κ3) is 4.63. The fourth-order valence-corrected chi connectivity index (χ4v) is 5.86. The zero-order valence-electron chi connectivity index (χ0n) is 18.3. The first-order valence-electron chi connectivity index (χ1n) is 10.1. The number of carbonyl (C=O) groups excluding carboxylic acids is 2. The summed E-state index contributed by atoms with van der Waals surface area (Å²) in [7, 11) is -3.66. The van der Waals surface area contributed by atoms with Gasteiger partial charge in [0.15, 0.2) is 0 Å². The first-order chi connectivity index (χ1) is 14.6. The van der Waals surface area contributed by atoms with E-state index in [1.807, 2.05) is 26.8 Å². The molecule has 2 aromatic rings. The lowest BCUT2D eigenvalue weighted by molar-refractivity contribution is -0.115. The van der Waals surface area contributed by atoms with Gasteiger partial charge < -0.3 is 10.6 Å². The van der Waals surface area contributed by atoms with Crippen LogP contribution in [0.2, 0.25) is 0 Å². The van der Waals surface area contributed by atoms with Gasteiger partial charge in [-0.3, -0.25) is 9.59 Å². The van der Waals surface area contributed by atoms with Crippen LogP contribution < -0.4 is 10.6 Å². The minimum atomic E-state index is -3.66. The maximum atomic E-state index is 13.0. The minimum absolute atomic E-state index is 0.101. The van der Waals surface area contributed by atoms with Crippen molar-refractivity contribution in [1.82, 2.24) is 4.31 Å². The number of hydrogen-bond donors (Lipinski definition) is 2. The second-order valence-electron chi connectivity index (χ2n) is 7.42. The number of fused-ring (bicyclic) bond motifs is 1. The van der Waals surface area contributed by atoms with Crippen LogP contribution in [0.3, 0.4) is 0 Å². The fraction of sp³-hybridized carbons (Fsp3) is 0.364. The van der Waals surface area contributed by atoms with Crippen molar-refractivity contribution in [2.75, 3.05) is 23.7 Å². The highest BCUT2D eigenvalue weighted by Gasteiger charge is 2.25. The smallest absolute Gasteiger partial charge is 0.255 e. The number of nitrogens with one attached hydrogen (secondary N) is 2. The van der Waals surface area contributed by atoms with E-state index < -0.39 is 10.0 Å². The van der Waals surface area contributed by atoms with E-state index in [1.165, 1.54) is 22.1 Å². The number of benzene rings is 2. The van der Waals surface area contributed by atoms with E-state index in [4.69, 9.17) is 0 Å². The molecule has 166 valence electrons. The summed E-state index contributed by atoms with van der Waals surface area (Å²) >= 11 is 1.45. The van der Waals surface area contributed by atoms with E-state index in [1.54, 1.807) is 32.0 Å². The molecule has 0 radical (unpaired) electrons. The molecule has 1 atom stereocenters. The summed E-state index contributed by atoms with van der Waals surface area (Å²) in [5, 5.41) is 5.47. The molecule has 0 spiro atoms. The van der Waals surface area contributed by atoms with Crippen molar-refractivity contribution in [2.45, 2.75) is 49.7 Å². The van der Waals surface area contributed by atoms with Crippen LogP contribution in [-0.2, 0) is 14.8 Å². The van der Waals surface area contributed by atoms with Crippen molar-refractivity contribution in [2.24, 2.45) is 0 Å². The second-order valence-corrected chi connectivity index (χ2v) is 10.7. The SMILES string of the molecule is CCN(CC)S(=O)(=O)c1cc(C)c(C)c(NC(=O)c2ccc3c(c2)NC(=O)C(C)S3)c1. The Morgan fingerprint density at radius 1 is 1.16 bits per heavy atom. The molecule has 0 aromatic heterocycles. The van der Waals surface area contributed by atoms with Gasteiger partial charge in [0.1, 0.15) is 0 Å². The number of sulfonamides is 1. The molecule has 9 heteroatoms.